The van der Waals surface area contributed by atoms with E-state index in [0.717, 1.165) is 0 Å². The molecule has 1 heterocycles. The molecular formula is C13H15NO4S. The predicted molar refractivity (Wildman–Crippen MR) is 71.7 cm³/mol. The summed E-state index contributed by atoms with van der Waals surface area (Å²) in [6, 6.07) is 4.62. The van der Waals surface area contributed by atoms with Crippen LogP contribution in [0.3, 0.4) is 0 Å². The van der Waals surface area contributed by atoms with Gasteiger partial charge in [0.15, 0.2) is 0 Å². The van der Waals surface area contributed by atoms with Crippen molar-refractivity contribution in [2.24, 2.45) is 0 Å². The highest BCUT2D eigenvalue weighted by molar-refractivity contribution is 7.96. The fraction of sp³-hybridized carbons (Fsp3) is 0.308. The number of carboxylic acids is 1. The molecule has 5 nitrogen and oxygen atoms in total. The molecule has 0 amide bonds. The first-order valence-corrected chi connectivity index (χ1v) is 7.37. The van der Waals surface area contributed by atoms with E-state index in [1.165, 1.54) is 12.1 Å². The number of carboxylic acid groups (broad SMARTS) is 1. The van der Waals surface area contributed by atoms with Crippen LogP contribution in [0, 0.1) is 0 Å². The summed E-state index contributed by atoms with van der Waals surface area (Å²) in [5.74, 6) is -1.23. The zero-order chi connectivity index (χ0) is 14.2. The lowest BCUT2D eigenvalue weighted by Gasteiger charge is -2.09. The molecule has 0 saturated carbocycles. The Bertz CT molecular complexity index is 659. The summed E-state index contributed by atoms with van der Waals surface area (Å²) in [6.07, 6.45) is 1.53. The molecule has 0 unspecified atom stereocenters. The van der Waals surface area contributed by atoms with Crippen molar-refractivity contribution in [1.82, 2.24) is 5.32 Å². The van der Waals surface area contributed by atoms with Crippen LogP contribution in [0.2, 0.25) is 0 Å². The molecule has 1 aliphatic heterocycles. The minimum absolute atomic E-state index is 0.0944. The van der Waals surface area contributed by atoms with Gasteiger partial charge in [-0.1, -0.05) is 26.0 Å². The second-order valence-electron chi connectivity index (χ2n) is 4.68. The number of carbonyl (C=O) groups is 1. The van der Waals surface area contributed by atoms with E-state index in [0.29, 0.717) is 5.56 Å². The molecule has 1 aliphatic rings. The largest absolute Gasteiger partial charge is 0.478 e. The van der Waals surface area contributed by atoms with Crippen molar-refractivity contribution in [2.45, 2.75) is 24.8 Å². The van der Waals surface area contributed by atoms with Crippen LogP contribution in [-0.4, -0.2) is 32.1 Å². The van der Waals surface area contributed by atoms with Crippen molar-refractivity contribution in [3.63, 3.8) is 0 Å². The van der Waals surface area contributed by atoms with Gasteiger partial charge >= 0.3 is 5.97 Å². The molecule has 2 rings (SSSR count). The molecule has 0 aliphatic carbocycles. The van der Waals surface area contributed by atoms with E-state index in [1.54, 1.807) is 12.1 Å². The fourth-order valence-electron chi connectivity index (χ4n) is 1.97. The minimum atomic E-state index is -3.70. The normalized spacial score (nSPS) is 16.3. The van der Waals surface area contributed by atoms with Gasteiger partial charge in [0.05, 0.1) is 15.4 Å². The minimum Gasteiger partial charge on any atom is -0.478 e. The molecule has 0 radical (unpaired) electrons. The molecule has 1 aromatic carbocycles. The Morgan fingerprint density at radius 2 is 2.05 bits per heavy atom. The Morgan fingerprint density at radius 1 is 1.37 bits per heavy atom. The summed E-state index contributed by atoms with van der Waals surface area (Å²) in [7, 11) is -3.70. The van der Waals surface area contributed by atoms with Crippen molar-refractivity contribution >= 4 is 21.9 Å². The first kappa shape index (κ1) is 13.8. The number of nitrogens with one attached hydrogen (secondary N) is 1. The molecule has 1 aromatic rings. The van der Waals surface area contributed by atoms with Crippen molar-refractivity contribution in [3.8, 4) is 0 Å². The Balaban J connectivity index is 2.47. The van der Waals surface area contributed by atoms with Crippen molar-refractivity contribution in [2.75, 3.05) is 6.54 Å². The molecule has 0 aromatic heterocycles. The van der Waals surface area contributed by atoms with E-state index in [1.807, 2.05) is 13.8 Å². The summed E-state index contributed by atoms with van der Waals surface area (Å²) in [5, 5.41) is 12.1. The van der Waals surface area contributed by atoms with Gasteiger partial charge in [0, 0.05) is 12.6 Å². The Kier molecular flexibility index (Phi) is 3.47. The first-order chi connectivity index (χ1) is 8.84. The lowest BCUT2D eigenvalue weighted by atomic mass is 10.1. The maximum atomic E-state index is 12.4. The Hall–Kier alpha value is -1.66. The van der Waals surface area contributed by atoms with Crippen molar-refractivity contribution < 1.29 is 18.3 Å². The van der Waals surface area contributed by atoms with E-state index in [4.69, 9.17) is 5.11 Å². The van der Waals surface area contributed by atoms with Crippen LogP contribution in [0.4, 0.5) is 0 Å². The number of hydrogen-bond acceptors (Lipinski definition) is 4. The molecule has 0 fully saturated rings. The lowest BCUT2D eigenvalue weighted by molar-refractivity contribution is 0.0692. The molecule has 0 saturated heterocycles. The third kappa shape index (κ3) is 2.41. The highest BCUT2D eigenvalue weighted by Gasteiger charge is 2.33. The van der Waals surface area contributed by atoms with E-state index >= 15 is 0 Å². The number of hydrogen-bond donors (Lipinski definition) is 2. The second-order valence-corrected chi connectivity index (χ2v) is 6.62. The number of benzene rings is 1. The van der Waals surface area contributed by atoms with Gasteiger partial charge in [-0.2, -0.15) is 0 Å². The SMILES string of the molecule is CC(C)NCC1=Cc2cccc(C(=O)O)c2S1(=O)=O. The maximum Gasteiger partial charge on any atom is 0.337 e. The number of rotatable bonds is 4. The zero-order valence-electron chi connectivity index (χ0n) is 10.7. The molecule has 2 N–H and O–H groups in total. The standard InChI is InChI=1S/C13H15NO4S/c1-8(2)14-7-10-6-9-4-3-5-11(13(15)16)12(9)19(10,17)18/h3-6,8,14H,7H2,1-2H3,(H,15,16). The smallest absolute Gasteiger partial charge is 0.337 e. The van der Waals surface area contributed by atoms with E-state index in [2.05, 4.69) is 5.32 Å². The average molecular weight is 281 g/mol. The summed E-state index contributed by atoms with van der Waals surface area (Å²) in [6.45, 7) is 4.03. The van der Waals surface area contributed by atoms with Crippen LogP contribution in [-0.2, 0) is 9.84 Å². The quantitative estimate of drug-likeness (QED) is 0.874. The molecule has 6 heteroatoms. The summed E-state index contributed by atoms with van der Waals surface area (Å²) < 4.78 is 24.7. The van der Waals surface area contributed by atoms with Crippen molar-refractivity contribution in [3.05, 3.63) is 34.2 Å². The van der Waals surface area contributed by atoms with Crippen LogP contribution >= 0.6 is 0 Å². The van der Waals surface area contributed by atoms with Gasteiger partial charge in [-0.15, -0.1) is 0 Å². The van der Waals surface area contributed by atoms with Crippen LogP contribution in [0.15, 0.2) is 28.0 Å². The summed E-state index contributed by atoms with van der Waals surface area (Å²) >= 11 is 0. The maximum absolute atomic E-state index is 12.4. The van der Waals surface area contributed by atoms with E-state index < -0.39 is 15.8 Å². The van der Waals surface area contributed by atoms with E-state index in [-0.39, 0.29) is 28.0 Å². The highest BCUT2D eigenvalue weighted by atomic mass is 32.2. The average Bonchev–Trinajstić information content (AvgIpc) is 2.58. The van der Waals surface area contributed by atoms with Gasteiger partial charge in [0.2, 0.25) is 9.84 Å². The Morgan fingerprint density at radius 3 is 2.63 bits per heavy atom. The van der Waals surface area contributed by atoms with Crippen LogP contribution in [0.1, 0.15) is 29.8 Å². The monoisotopic (exact) mass is 281 g/mol. The van der Waals surface area contributed by atoms with Crippen molar-refractivity contribution in [1.29, 1.82) is 0 Å². The summed E-state index contributed by atoms with van der Waals surface area (Å²) in [5.41, 5.74) is 0.272. The predicted octanol–water partition coefficient (Wildman–Crippen LogP) is 1.51. The third-order valence-electron chi connectivity index (χ3n) is 2.89. The number of aromatic carboxylic acids is 1. The molecule has 19 heavy (non-hydrogen) atoms. The van der Waals surface area contributed by atoms with Crippen LogP contribution < -0.4 is 5.32 Å². The molecule has 102 valence electrons. The highest BCUT2D eigenvalue weighted by Crippen LogP contribution is 2.35. The zero-order valence-corrected chi connectivity index (χ0v) is 11.5. The first-order valence-electron chi connectivity index (χ1n) is 5.89. The van der Waals surface area contributed by atoms with Gasteiger partial charge in [0.1, 0.15) is 0 Å². The third-order valence-corrected chi connectivity index (χ3v) is 4.84. The molecule has 0 bridgehead atoms. The van der Waals surface area contributed by atoms with Gasteiger partial charge in [-0.3, -0.25) is 0 Å². The van der Waals surface area contributed by atoms with Crippen LogP contribution in [0.5, 0.6) is 0 Å². The van der Waals surface area contributed by atoms with Gasteiger partial charge in [-0.25, -0.2) is 13.2 Å². The van der Waals surface area contributed by atoms with Gasteiger partial charge < -0.3 is 10.4 Å². The lowest BCUT2D eigenvalue weighted by Crippen LogP contribution is -2.26. The molecule has 0 spiro atoms. The number of fused-ring (bicyclic) bond motifs is 1. The van der Waals surface area contributed by atoms with Gasteiger partial charge in [-0.05, 0) is 17.7 Å². The van der Waals surface area contributed by atoms with Gasteiger partial charge in [0.25, 0.3) is 0 Å². The van der Waals surface area contributed by atoms with Crippen LogP contribution in [0.25, 0.3) is 6.08 Å². The molecule has 0 atom stereocenters. The molecular weight excluding hydrogens is 266 g/mol. The van der Waals surface area contributed by atoms with E-state index in [9.17, 15) is 13.2 Å². The second kappa shape index (κ2) is 4.79. The summed E-state index contributed by atoms with van der Waals surface area (Å²) in [4.78, 5) is 11.2. The number of sulfone groups is 1. The Labute approximate surface area is 111 Å². The fourth-order valence-corrected chi connectivity index (χ4v) is 3.67. The topological polar surface area (TPSA) is 83.5 Å².